The first kappa shape index (κ1) is 16.9. The number of benzene rings is 1. The largest absolute Gasteiger partial charge is 0.331 e. The SMILES string of the molecule is C[C@@H](NC(=O)N(Cc1ccccc1)CC(F)F)c1cnn(C)c1. The first-order valence-corrected chi connectivity index (χ1v) is 7.31. The van der Waals surface area contributed by atoms with Crippen LogP contribution in [0.5, 0.6) is 0 Å². The van der Waals surface area contributed by atoms with Gasteiger partial charge in [-0.1, -0.05) is 30.3 Å². The molecule has 0 spiro atoms. The molecule has 0 aliphatic carbocycles. The van der Waals surface area contributed by atoms with E-state index in [-0.39, 0.29) is 12.6 Å². The van der Waals surface area contributed by atoms with Crippen molar-refractivity contribution >= 4 is 6.03 Å². The summed E-state index contributed by atoms with van der Waals surface area (Å²) in [6.45, 7) is 1.31. The van der Waals surface area contributed by atoms with E-state index in [0.717, 1.165) is 16.0 Å². The van der Waals surface area contributed by atoms with Crippen molar-refractivity contribution < 1.29 is 13.6 Å². The van der Waals surface area contributed by atoms with Gasteiger partial charge in [-0.05, 0) is 12.5 Å². The van der Waals surface area contributed by atoms with Crippen molar-refractivity contribution in [1.82, 2.24) is 20.0 Å². The average Bonchev–Trinajstić information content (AvgIpc) is 2.94. The van der Waals surface area contributed by atoms with E-state index in [2.05, 4.69) is 10.4 Å². The molecule has 0 bridgehead atoms. The fourth-order valence-electron chi connectivity index (χ4n) is 2.21. The molecule has 0 radical (unpaired) electrons. The number of nitrogens with zero attached hydrogens (tertiary/aromatic N) is 3. The molecule has 0 fully saturated rings. The van der Waals surface area contributed by atoms with Crippen molar-refractivity contribution in [2.75, 3.05) is 6.54 Å². The third-order valence-corrected chi connectivity index (χ3v) is 3.43. The van der Waals surface area contributed by atoms with Crippen LogP contribution in [0.4, 0.5) is 13.6 Å². The molecule has 1 aromatic carbocycles. The number of amides is 2. The summed E-state index contributed by atoms with van der Waals surface area (Å²) < 4.78 is 27.2. The smallest absolute Gasteiger partial charge is 0.318 e. The molecule has 1 heterocycles. The molecule has 0 unspecified atom stereocenters. The lowest BCUT2D eigenvalue weighted by Crippen LogP contribution is -2.42. The number of rotatable bonds is 6. The Balaban J connectivity index is 2.04. The van der Waals surface area contributed by atoms with Crippen molar-refractivity contribution in [2.45, 2.75) is 25.9 Å². The minimum absolute atomic E-state index is 0.136. The number of urea groups is 1. The summed E-state index contributed by atoms with van der Waals surface area (Å²) in [5.74, 6) is 0. The van der Waals surface area contributed by atoms with Crippen molar-refractivity contribution in [2.24, 2.45) is 7.05 Å². The van der Waals surface area contributed by atoms with Gasteiger partial charge in [0.15, 0.2) is 0 Å². The second-order valence-electron chi connectivity index (χ2n) is 5.38. The van der Waals surface area contributed by atoms with Gasteiger partial charge in [0, 0.05) is 25.4 Å². The van der Waals surface area contributed by atoms with Gasteiger partial charge in [-0.25, -0.2) is 13.6 Å². The average molecular weight is 322 g/mol. The number of carbonyl (C=O) groups excluding carboxylic acids is 1. The summed E-state index contributed by atoms with van der Waals surface area (Å²) in [7, 11) is 1.77. The third-order valence-electron chi connectivity index (χ3n) is 3.43. The Labute approximate surface area is 133 Å². The molecule has 1 atom stereocenters. The van der Waals surface area contributed by atoms with E-state index in [1.807, 2.05) is 18.2 Å². The monoisotopic (exact) mass is 322 g/mol. The van der Waals surface area contributed by atoms with Gasteiger partial charge in [-0.3, -0.25) is 4.68 Å². The molecule has 1 N–H and O–H groups in total. The Bertz CT molecular complexity index is 630. The summed E-state index contributed by atoms with van der Waals surface area (Å²) in [5, 5.41) is 6.77. The molecule has 7 heteroatoms. The molecular formula is C16H20F2N4O. The number of carbonyl (C=O) groups is 1. The van der Waals surface area contributed by atoms with Crippen LogP contribution in [0.2, 0.25) is 0 Å². The summed E-state index contributed by atoms with van der Waals surface area (Å²) in [4.78, 5) is 13.4. The molecule has 2 aromatic rings. The zero-order chi connectivity index (χ0) is 16.8. The van der Waals surface area contributed by atoms with E-state index in [4.69, 9.17) is 0 Å². The molecule has 0 saturated carbocycles. The Hall–Kier alpha value is -2.44. The van der Waals surface area contributed by atoms with E-state index in [9.17, 15) is 13.6 Å². The third kappa shape index (κ3) is 5.05. The van der Waals surface area contributed by atoms with Crippen molar-refractivity contribution in [3.63, 3.8) is 0 Å². The second-order valence-corrected chi connectivity index (χ2v) is 5.38. The molecule has 0 saturated heterocycles. The minimum atomic E-state index is -2.59. The summed E-state index contributed by atoms with van der Waals surface area (Å²) in [6, 6.07) is 8.23. The van der Waals surface area contributed by atoms with E-state index >= 15 is 0 Å². The second kappa shape index (κ2) is 7.71. The zero-order valence-corrected chi connectivity index (χ0v) is 13.1. The predicted octanol–water partition coefficient (Wildman–Crippen LogP) is 2.96. The van der Waals surface area contributed by atoms with Crippen LogP contribution in [0.1, 0.15) is 24.1 Å². The number of hydrogen-bond donors (Lipinski definition) is 1. The highest BCUT2D eigenvalue weighted by Gasteiger charge is 2.21. The normalized spacial score (nSPS) is 12.2. The van der Waals surface area contributed by atoms with E-state index in [1.165, 1.54) is 0 Å². The van der Waals surface area contributed by atoms with Crippen molar-refractivity contribution in [3.8, 4) is 0 Å². The zero-order valence-electron chi connectivity index (χ0n) is 13.1. The van der Waals surface area contributed by atoms with Crippen molar-refractivity contribution in [1.29, 1.82) is 0 Å². The lowest BCUT2D eigenvalue weighted by atomic mass is 10.2. The van der Waals surface area contributed by atoms with Gasteiger partial charge in [0.25, 0.3) is 6.43 Å². The standard InChI is InChI=1S/C16H20F2N4O/c1-12(14-8-19-21(2)10-14)20-16(23)22(11-15(17)18)9-13-6-4-3-5-7-13/h3-8,10,12,15H,9,11H2,1-2H3,(H,20,23)/t12-/m1/s1. The van der Waals surface area contributed by atoms with Crippen LogP contribution in [0.15, 0.2) is 42.7 Å². The fraction of sp³-hybridized carbons (Fsp3) is 0.375. The lowest BCUT2D eigenvalue weighted by Gasteiger charge is -2.25. The Morgan fingerprint density at radius 3 is 2.61 bits per heavy atom. The maximum absolute atomic E-state index is 12.8. The molecule has 0 aliphatic heterocycles. The molecule has 1 aromatic heterocycles. The van der Waals surface area contributed by atoms with Gasteiger partial charge in [-0.15, -0.1) is 0 Å². The predicted molar refractivity (Wildman–Crippen MR) is 83.0 cm³/mol. The maximum atomic E-state index is 12.8. The minimum Gasteiger partial charge on any atom is -0.331 e. The summed E-state index contributed by atoms with van der Waals surface area (Å²) in [6.07, 6.45) is 0.831. The number of halogens is 2. The van der Waals surface area contributed by atoms with E-state index in [0.29, 0.717) is 0 Å². The van der Waals surface area contributed by atoms with Gasteiger partial charge in [0.2, 0.25) is 0 Å². The molecule has 0 aliphatic rings. The fourth-order valence-corrected chi connectivity index (χ4v) is 2.21. The lowest BCUT2D eigenvalue weighted by molar-refractivity contribution is 0.0949. The molecule has 2 rings (SSSR count). The molecule has 5 nitrogen and oxygen atoms in total. The molecule has 124 valence electrons. The van der Waals surface area contributed by atoms with Crippen LogP contribution in [0.3, 0.4) is 0 Å². The number of aryl methyl sites for hydroxylation is 1. The Kier molecular flexibility index (Phi) is 5.67. The maximum Gasteiger partial charge on any atom is 0.318 e. The number of nitrogens with one attached hydrogen (secondary N) is 1. The van der Waals surface area contributed by atoms with Gasteiger partial charge in [0.05, 0.1) is 18.8 Å². The first-order valence-electron chi connectivity index (χ1n) is 7.31. The van der Waals surface area contributed by atoms with E-state index in [1.54, 1.807) is 43.2 Å². The highest BCUT2D eigenvalue weighted by atomic mass is 19.3. The van der Waals surface area contributed by atoms with Crippen LogP contribution in [0.25, 0.3) is 0 Å². The van der Waals surface area contributed by atoms with Gasteiger partial charge in [-0.2, -0.15) is 5.10 Å². The number of aromatic nitrogens is 2. The first-order chi connectivity index (χ1) is 11.0. The molecule has 2 amide bonds. The van der Waals surface area contributed by atoms with Crippen LogP contribution in [-0.4, -0.2) is 33.7 Å². The summed E-state index contributed by atoms with van der Waals surface area (Å²) >= 11 is 0. The Morgan fingerprint density at radius 1 is 1.35 bits per heavy atom. The number of alkyl halides is 2. The molecular weight excluding hydrogens is 302 g/mol. The van der Waals surface area contributed by atoms with E-state index < -0.39 is 19.0 Å². The van der Waals surface area contributed by atoms with Crippen molar-refractivity contribution in [3.05, 3.63) is 53.9 Å². The van der Waals surface area contributed by atoms with Crippen LogP contribution in [-0.2, 0) is 13.6 Å². The van der Waals surface area contributed by atoms with Gasteiger partial charge >= 0.3 is 6.03 Å². The summed E-state index contributed by atoms with van der Waals surface area (Å²) in [5.41, 5.74) is 1.62. The van der Waals surface area contributed by atoms with Gasteiger partial charge < -0.3 is 10.2 Å². The highest BCUT2D eigenvalue weighted by Crippen LogP contribution is 2.13. The highest BCUT2D eigenvalue weighted by molar-refractivity contribution is 5.74. The Morgan fingerprint density at radius 2 is 2.04 bits per heavy atom. The van der Waals surface area contributed by atoms with Gasteiger partial charge in [0.1, 0.15) is 0 Å². The van der Waals surface area contributed by atoms with Crippen LogP contribution >= 0.6 is 0 Å². The quantitative estimate of drug-likeness (QED) is 0.889. The molecule has 23 heavy (non-hydrogen) atoms. The topological polar surface area (TPSA) is 50.2 Å². The number of hydrogen-bond acceptors (Lipinski definition) is 2. The van der Waals surface area contributed by atoms with Crippen LogP contribution in [0, 0.1) is 0 Å². The van der Waals surface area contributed by atoms with Crippen LogP contribution < -0.4 is 5.32 Å².